The van der Waals surface area contributed by atoms with Gasteiger partial charge in [-0.15, -0.1) is 11.3 Å². The van der Waals surface area contributed by atoms with Gasteiger partial charge in [0.1, 0.15) is 16.5 Å². The smallest absolute Gasteiger partial charge is 0.226 e. The van der Waals surface area contributed by atoms with E-state index in [1.165, 1.54) is 28.7 Å². The molecule has 2 saturated heterocycles. The highest BCUT2D eigenvalue weighted by Gasteiger charge is 2.35. The Kier molecular flexibility index (Phi) is 5.41. The van der Waals surface area contributed by atoms with Gasteiger partial charge in [0.25, 0.3) is 0 Å². The second-order valence-electron chi connectivity index (χ2n) is 8.24. The van der Waals surface area contributed by atoms with Crippen molar-refractivity contribution in [2.45, 2.75) is 39.2 Å². The van der Waals surface area contributed by atoms with E-state index >= 15 is 0 Å². The predicted molar refractivity (Wildman–Crippen MR) is 115 cm³/mol. The van der Waals surface area contributed by atoms with Crippen LogP contribution in [0.2, 0.25) is 0 Å². The summed E-state index contributed by atoms with van der Waals surface area (Å²) in [7, 11) is 0. The number of carbonyl (C=O) groups is 1. The second kappa shape index (κ2) is 8.16. The fourth-order valence-corrected chi connectivity index (χ4v) is 5.85. The van der Waals surface area contributed by atoms with Crippen LogP contribution in [-0.4, -0.2) is 66.7 Å². The summed E-state index contributed by atoms with van der Waals surface area (Å²) in [6.07, 6.45) is 4.81. The van der Waals surface area contributed by atoms with E-state index in [2.05, 4.69) is 15.1 Å². The highest BCUT2D eigenvalue weighted by atomic mass is 32.1. The van der Waals surface area contributed by atoms with E-state index in [4.69, 9.17) is 14.7 Å². The number of rotatable bonds is 5. The number of anilines is 1. The molecule has 2 aliphatic heterocycles. The minimum atomic E-state index is 0.0668. The molecule has 0 spiro atoms. The van der Waals surface area contributed by atoms with Gasteiger partial charge in [-0.2, -0.15) is 0 Å². The molecule has 1 amide bonds. The lowest BCUT2D eigenvalue weighted by Gasteiger charge is -2.39. The van der Waals surface area contributed by atoms with Crippen molar-refractivity contribution in [3.63, 3.8) is 0 Å². The minimum Gasteiger partial charge on any atom is -0.379 e. The number of hydrogen-bond donors (Lipinski definition) is 1. The molecular weight excluding hydrogens is 386 g/mol. The predicted octanol–water partition coefficient (Wildman–Crippen LogP) is 1.97. The maximum Gasteiger partial charge on any atom is 0.226 e. The molecule has 0 aromatic carbocycles. The van der Waals surface area contributed by atoms with E-state index in [0.717, 1.165) is 75.3 Å². The van der Waals surface area contributed by atoms with Crippen molar-refractivity contribution in [2.75, 3.05) is 50.8 Å². The molecule has 0 atom stereocenters. The van der Waals surface area contributed by atoms with Crippen LogP contribution in [0.4, 0.5) is 5.82 Å². The third-order valence-electron chi connectivity index (χ3n) is 6.21. The largest absolute Gasteiger partial charge is 0.379 e. The van der Waals surface area contributed by atoms with Gasteiger partial charge in [-0.05, 0) is 38.2 Å². The average Bonchev–Trinajstić information content (AvgIpc) is 3.06. The third-order valence-corrected chi connectivity index (χ3v) is 7.40. The monoisotopic (exact) mass is 415 g/mol. The van der Waals surface area contributed by atoms with Crippen molar-refractivity contribution in [1.82, 2.24) is 20.2 Å². The molecular formula is C21H29N5O2S. The summed E-state index contributed by atoms with van der Waals surface area (Å²) < 4.78 is 5.48. The lowest BCUT2D eigenvalue weighted by molar-refractivity contribution is -0.125. The number of aryl methyl sites for hydroxylation is 2. The van der Waals surface area contributed by atoms with E-state index < -0.39 is 0 Å². The highest BCUT2D eigenvalue weighted by Crippen LogP contribution is 2.41. The summed E-state index contributed by atoms with van der Waals surface area (Å²) in [5.74, 6) is 2.18. The van der Waals surface area contributed by atoms with Crippen LogP contribution in [0.25, 0.3) is 10.2 Å². The number of amides is 1. The molecule has 2 aromatic heterocycles. The highest BCUT2D eigenvalue weighted by molar-refractivity contribution is 7.19. The van der Waals surface area contributed by atoms with Crippen LogP contribution in [-0.2, 0) is 28.9 Å². The van der Waals surface area contributed by atoms with Crippen LogP contribution in [0.5, 0.6) is 0 Å². The topological polar surface area (TPSA) is 70.6 Å². The van der Waals surface area contributed by atoms with Gasteiger partial charge in [-0.1, -0.05) is 0 Å². The Bertz CT molecular complexity index is 902. The number of nitrogens with zero attached hydrogens (tertiary/aromatic N) is 4. The van der Waals surface area contributed by atoms with E-state index in [1.54, 1.807) is 0 Å². The zero-order valence-electron chi connectivity index (χ0n) is 17.1. The molecule has 7 nitrogen and oxygen atoms in total. The van der Waals surface area contributed by atoms with Crippen LogP contribution in [0.15, 0.2) is 0 Å². The summed E-state index contributed by atoms with van der Waals surface area (Å²) in [4.78, 5) is 29.5. The van der Waals surface area contributed by atoms with Gasteiger partial charge in [0.05, 0.1) is 31.1 Å². The zero-order chi connectivity index (χ0) is 19.8. The third kappa shape index (κ3) is 3.73. The molecule has 4 heterocycles. The van der Waals surface area contributed by atoms with Gasteiger partial charge >= 0.3 is 0 Å². The molecule has 0 saturated carbocycles. The van der Waals surface area contributed by atoms with Crippen LogP contribution < -0.4 is 10.2 Å². The Morgan fingerprint density at radius 1 is 1.21 bits per heavy atom. The van der Waals surface area contributed by atoms with Gasteiger partial charge in [-0.3, -0.25) is 9.69 Å². The van der Waals surface area contributed by atoms with Gasteiger partial charge in [-0.25, -0.2) is 9.97 Å². The molecule has 2 aromatic rings. The summed E-state index contributed by atoms with van der Waals surface area (Å²) in [6, 6.07) is 0. The van der Waals surface area contributed by atoms with E-state index in [1.807, 2.05) is 18.3 Å². The first-order chi connectivity index (χ1) is 14.2. The average molecular weight is 416 g/mol. The molecule has 8 heteroatoms. The van der Waals surface area contributed by atoms with Gasteiger partial charge in [0.2, 0.25) is 5.91 Å². The molecule has 29 heavy (non-hydrogen) atoms. The minimum absolute atomic E-state index is 0.0668. The van der Waals surface area contributed by atoms with Crippen molar-refractivity contribution in [3.8, 4) is 0 Å². The number of carbonyl (C=O) groups excluding carboxylic acids is 1. The van der Waals surface area contributed by atoms with Crippen molar-refractivity contribution in [3.05, 3.63) is 16.3 Å². The SMILES string of the molecule is CCNC(=O)C1CN(c2nc(CN3CCOCC3)nc3sc4c(c23)CCCC4)C1. The number of thiophene rings is 1. The number of morpholine rings is 1. The summed E-state index contributed by atoms with van der Waals surface area (Å²) in [6.45, 7) is 8.35. The maximum absolute atomic E-state index is 12.2. The quantitative estimate of drug-likeness (QED) is 0.805. The van der Waals surface area contributed by atoms with Gasteiger partial charge in [0.15, 0.2) is 0 Å². The molecule has 156 valence electrons. The molecule has 5 rings (SSSR count). The van der Waals surface area contributed by atoms with Crippen molar-refractivity contribution >= 4 is 33.3 Å². The number of fused-ring (bicyclic) bond motifs is 3. The first kappa shape index (κ1) is 19.2. The Hall–Kier alpha value is -1.77. The van der Waals surface area contributed by atoms with Gasteiger partial charge in [0, 0.05) is 37.6 Å². The van der Waals surface area contributed by atoms with Crippen LogP contribution in [0.3, 0.4) is 0 Å². The Morgan fingerprint density at radius 3 is 2.79 bits per heavy atom. The lowest BCUT2D eigenvalue weighted by atomic mass is 9.95. The normalized spacial score (nSPS) is 20.5. The van der Waals surface area contributed by atoms with E-state index in [9.17, 15) is 4.79 Å². The molecule has 3 aliphatic rings. The van der Waals surface area contributed by atoms with Crippen molar-refractivity contribution in [1.29, 1.82) is 0 Å². The second-order valence-corrected chi connectivity index (χ2v) is 9.32. The first-order valence-electron chi connectivity index (χ1n) is 10.9. The number of aromatic nitrogens is 2. The van der Waals surface area contributed by atoms with Crippen LogP contribution >= 0.6 is 11.3 Å². The fraction of sp³-hybridized carbons (Fsp3) is 0.667. The molecule has 1 aliphatic carbocycles. The lowest BCUT2D eigenvalue weighted by Crippen LogP contribution is -2.54. The molecule has 0 unspecified atom stereocenters. The summed E-state index contributed by atoms with van der Waals surface area (Å²) >= 11 is 1.86. The zero-order valence-corrected chi connectivity index (χ0v) is 17.9. The summed E-state index contributed by atoms with van der Waals surface area (Å²) in [5, 5.41) is 4.21. The Balaban J connectivity index is 1.46. The van der Waals surface area contributed by atoms with E-state index in [0.29, 0.717) is 6.54 Å². The van der Waals surface area contributed by atoms with Crippen LogP contribution in [0, 0.1) is 5.92 Å². The molecule has 2 fully saturated rings. The Labute approximate surface area is 175 Å². The standard InChI is InChI=1S/C21H29N5O2S/c1-2-22-20(27)14-11-26(12-14)19-18-15-5-3-4-6-16(15)29-21(18)24-17(23-19)13-25-7-9-28-10-8-25/h14H,2-13H2,1H3,(H,22,27). The number of hydrogen-bond acceptors (Lipinski definition) is 7. The maximum atomic E-state index is 12.2. The molecule has 0 bridgehead atoms. The number of ether oxygens (including phenoxy) is 1. The molecule has 1 N–H and O–H groups in total. The summed E-state index contributed by atoms with van der Waals surface area (Å²) in [5.41, 5.74) is 1.46. The van der Waals surface area contributed by atoms with Gasteiger partial charge < -0.3 is 15.0 Å². The molecule has 0 radical (unpaired) electrons. The number of nitrogens with one attached hydrogen (secondary N) is 1. The fourth-order valence-electron chi connectivity index (χ4n) is 4.58. The Morgan fingerprint density at radius 2 is 2.00 bits per heavy atom. The van der Waals surface area contributed by atoms with Crippen molar-refractivity contribution < 1.29 is 9.53 Å². The first-order valence-corrected chi connectivity index (χ1v) is 11.7. The van der Waals surface area contributed by atoms with Crippen LogP contribution in [0.1, 0.15) is 36.0 Å². The van der Waals surface area contributed by atoms with E-state index in [-0.39, 0.29) is 11.8 Å². The van der Waals surface area contributed by atoms with Crippen molar-refractivity contribution in [2.24, 2.45) is 5.92 Å².